The number of ether oxygens (including phenoxy) is 1. The summed E-state index contributed by atoms with van der Waals surface area (Å²) in [6.07, 6.45) is 5.91. The van der Waals surface area contributed by atoms with E-state index in [1.54, 1.807) is 33.7 Å². The summed E-state index contributed by atoms with van der Waals surface area (Å²) in [6, 6.07) is 4.55. The van der Waals surface area contributed by atoms with Crippen molar-refractivity contribution in [1.29, 1.82) is 0 Å². The van der Waals surface area contributed by atoms with Crippen LogP contribution < -0.4 is 0 Å². The van der Waals surface area contributed by atoms with Crippen LogP contribution in [-0.4, -0.2) is 52.5 Å². The van der Waals surface area contributed by atoms with Crippen LogP contribution in [0.2, 0.25) is 0 Å². The molecule has 1 aliphatic heterocycles. The molecule has 0 saturated carbocycles. The second kappa shape index (κ2) is 8.92. The van der Waals surface area contributed by atoms with Crippen molar-refractivity contribution in [2.75, 3.05) is 20.7 Å². The number of carbonyl (C=O) groups excluding carboxylic acids is 1. The first-order valence-electron chi connectivity index (χ1n) is 10.5. The molecule has 0 spiro atoms. The fraction of sp³-hybridized carbons (Fsp3) is 0.304. The maximum atomic E-state index is 14.7. The molecule has 0 aliphatic carbocycles. The lowest BCUT2D eigenvalue weighted by Gasteiger charge is -2.22. The van der Waals surface area contributed by atoms with Gasteiger partial charge in [0.25, 0.3) is 0 Å². The van der Waals surface area contributed by atoms with Gasteiger partial charge in [0.05, 0.1) is 22.1 Å². The van der Waals surface area contributed by atoms with Gasteiger partial charge in [-0.1, -0.05) is 0 Å². The first-order chi connectivity index (χ1) is 15.9. The minimum absolute atomic E-state index is 0.155. The molecular formula is C23H21BrFN5O2S. The average molecular weight is 530 g/mol. The van der Waals surface area contributed by atoms with Crippen molar-refractivity contribution in [3.63, 3.8) is 0 Å². The third-order valence-corrected chi connectivity index (χ3v) is 7.28. The maximum Gasteiger partial charge on any atom is 0.196 e. The third kappa shape index (κ3) is 4.07. The number of carbonyl (C=O) groups is 1. The van der Waals surface area contributed by atoms with E-state index in [2.05, 4.69) is 31.0 Å². The number of benzene rings is 2. The molecule has 1 aliphatic rings. The Morgan fingerprint density at radius 2 is 2.18 bits per heavy atom. The topological polar surface area (TPSA) is 72.6 Å². The predicted molar refractivity (Wildman–Crippen MR) is 131 cm³/mol. The first kappa shape index (κ1) is 22.1. The highest BCUT2D eigenvalue weighted by Gasteiger charge is 2.25. The lowest BCUT2D eigenvalue weighted by molar-refractivity contribution is -0.0391. The minimum Gasteiger partial charge on any atom is -0.369 e. The van der Waals surface area contributed by atoms with Gasteiger partial charge < -0.3 is 9.64 Å². The van der Waals surface area contributed by atoms with Crippen LogP contribution in [-0.2, 0) is 4.74 Å². The number of aromatic nitrogens is 3. The normalized spacial score (nSPS) is 16.8. The summed E-state index contributed by atoms with van der Waals surface area (Å²) < 4.78 is 23.8. The smallest absolute Gasteiger partial charge is 0.196 e. The predicted octanol–water partition coefficient (Wildman–Crippen LogP) is 5.70. The lowest BCUT2D eigenvalue weighted by Crippen LogP contribution is -2.18. The van der Waals surface area contributed by atoms with E-state index in [-0.39, 0.29) is 17.5 Å². The van der Waals surface area contributed by atoms with E-state index in [0.29, 0.717) is 34.3 Å². The molecule has 0 radical (unpaired) electrons. The molecule has 4 aromatic rings. The Hall–Kier alpha value is -2.69. The highest BCUT2D eigenvalue weighted by molar-refractivity contribution is 9.10. The Balaban J connectivity index is 1.67. The van der Waals surface area contributed by atoms with Crippen molar-refractivity contribution in [3.8, 4) is 0 Å². The van der Waals surface area contributed by atoms with Crippen molar-refractivity contribution in [3.05, 3.63) is 51.3 Å². The van der Waals surface area contributed by atoms with Crippen molar-refractivity contribution in [2.45, 2.75) is 25.5 Å². The zero-order valence-electron chi connectivity index (χ0n) is 18.1. The van der Waals surface area contributed by atoms with Gasteiger partial charge in [0.1, 0.15) is 22.9 Å². The molecule has 1 fully saturated rings. The van der Waals surface area contributed by atoms with Crippen LogP contribution in [0.5, 0.6) is 0 Å². The lowest BCUT2D eigenvalue weighted by atomic mass is 9.98. The van der Waals surface area contributed by atoms with Crippen LogP contribution in [0.1, 0.15) is 41.4 Å². The van der Waals surface area contributed by atoms with Gasteiger partial charge in [0, 0.05) is 42.3 Å². The van der Waals surface area contributed by atoms with Crippen LogP contribution in [0.4, 0.5) is 10.1 Å². The molecule has 1 unspecified atom stereocenters. The number of halogens is 2. The summed E-state index contributed by atoms with van der Waals surface area (Å²) in [5, 5.41) is 4.87. The molecule has 0 bridgehead atoms. The molecular weight excluding hydrogens is 509 g/mol. The average Bonchev–Trinajstić information content (AvgIpc) is 3.47. The number of thiazole rings is 1. The van der Waals surface area contributed by atoms with Crippen LogP contribution in [0.25, 0.3) is 21.1 Å². The quantitative estimate of drug-likeness (QED) is 0.188. The second-order valence-corrected chi connectivity index (χ2v) is 9.82. The van der Waals surface area contributed by atoms with E-state index in [1.165, 1.54) is 23.5 Å². The summed E-state index contributed by atoms with van der Waals surface area (Å²) in [7, 11) is 3.71. The second-order valence-electron chi connectivity index (χ2n) is 8.11. The summed E-state index contributed by atoms with van der Waals surface area (Å²) in [6.45, 7) is 0.643. The van der Waals surface area contributed by atoms with Gasteiger partial charge in [-0.3, -0.25) is 4.79 Å². The Morgan fingerprint density at radius 3 is 2.94 bits per heavy atom. The number of nitrogens with zero attached hydrogens (tertiary/aromatic N) is 5. The molecule has 2 aromatic carbocycles. The van der Waals surface area contributed by atoms with Gasteiger partial charge in [0.15, 0.2) is 11.6 Å². The number of hydrogen-bond acceptors (Lipinski definition) is 6. The van der Waals surface area contributed by atoms with Gasteiger partial charge >= 0.3 is 0 Å². The fourth-order valence-corrected chi connectivity index (χ4v) is 5.36. The Labute approximate surface area is 202 Å². The van der Waals surface area contributed by atoms with Gasteiger partial charge in [-0.25, -0.2) is 19.0 Å². The Morgan fingerprint density at radius 1 is 1.33 bits per heavy atom. The van der Waals surface area contributed by atoms with Crippen molar-refractivity contribution >= 4 is 66.2 Å². The van der Waals surface area contributed by atoms with E-state index in [9.17, 15) is 9.18 Å². The standard InChI is InChI=1S/C23H21BrFN5O2S/c1-29(2)11-26-20-14(9-16(24)23-21(20)27-12-33-23)22(31)13-6-7-17(25)19-15(13)10-30(28-19)18-5-3-4-8-32-18/h6-7,9-12,18H,3-5,8H2,1-2H3. The third-order valence-electron chi connectivity index (χ3n) is 5.54. The molecule has 7 nitrogen and oxygen atoms in total. The number of aliphatic imine (C=N–C) groups is 1. The van der Waals surface area contributed by atoms with Gasteiger partial charge in [0.2, 0.25) is 0 Å². The maximum absolute atomic E-state index is 14.7. The molecule has 5 rings (SSSR count). The molecule has 33 heavy (non-hydrogen) atoms. The SMILES string of the molecule is CN(C)C=Nc1c(C(=O)c2ccc(F)c3nn(C4CCCCO4)cc23)cc(Br)c2scnc12. The van der Waals surface area contributed by atoms with Crippen LogP contribution in [0, 0.1) is 5.82 Å². The van der Waals surface area contributed by atoms with Crippen molar-refractivity contribution in [1.82, 2.24) is 19.7 Å². The summed E-state index contributed by atoms with van der Waals surface area (Å²) in [5.74, 6) is -0.747. The van der Waals surface area contributed by atoms with Crippen molar-refractivity contribution < 1.29 is 13.9 Å². The van der Waals surface area contributed by atoms with E-state index in [1.807, 2.05) is 14.1 Å². The Bertz CT molecular complexity index is 1390. The van der Waals surface area contributed by atoms with Crippen molar-refractivity contribution in [2.24, 2.45) is 4.99 Å². The largest absolute Gasteiger partial charge is 0.369 e. The van der Waals surface area contributed by atoms with Crippen LogP contribution in [0.3, 0.4) is 0 Å². The molecule has 0 N–H and O–H groups in total. The summed E-state index contributed by atoms with van der Waals surface area (Å²) in [5.41, 5.74) is 3.74. The molecule has 3 heterocycles. The molecule has 0 amide bonds. The monoisotopic (exact) mass is 529 g/mol. The number of fused-ring (bicyclic) bond motifs is 2. The molecule has 10 heteroatoms. The first-order valence-corrected chi connectivity index (χ1v) is 12.2. The number of hydrogen-bond donors (Lipinski definition) is 0. The zero-order chi connectivity index (χ0) is 23.1. The molecule has 1 atom stereocenters. The highest BCUT2D eigenvalue weighted by Crippen LogP contribution is 2.39. The van der Waals surface area contributed by atoms with E-state index < -0.39 is 5.82 Å². The van der Waals surface area contributed by atoms with Crippen LogP contribution >= 0.6 is 27.3 Å². The minimum atomic E-state index is -0.474. The summed E-state index contributed by atoms with van der Waals surface area (Å²) in [4.78, 5) is 24.6. The molecule has 2 aromatic heterocycles. The number of rotatable bonds is 5. The molecule has 170 valence electrons. The number of ketones is 1. The Kier molecular flexibility index (Phi) is 5.98. The van der Waals surface area contributed by atoms with Gasteiger partial charge in [-0.05, 0) is 53.4 Å². The molecule has 1 saturated heterocycles. The van der Waals surface area contributed by atoms with E-state index in [4.69, 9.17) is 4.74 Å². The van der Waals surface area contributed by atoms with E-state index >= 15 is 0 Å². The highest BCUT2D eigenvalue weighted by atomic mass is 79.9. The van der Waals surface area contributed by atoms with Gasteiger partial charge in [-0.15, -0.1) is 11.3 Å². The zero-order valence-corrected chi connectivity index (χ0v) is 20.5. The van der Waals surface area contributed by atoms with Crippen LogP contribution in [0.15, 0.2) is 39.4 Å². The van der Waals surface area contributed by atoms with E-state index in [0.717, 1.165) is 28.4 Å². The fourth-order valence-electron chi connectivity index (χ4n) is 3.96. The summed E-state index contributed by atoms with van der Waals surface area (Å²) >= 11 is 5.03. The van der Waals surface area contributed by atoms with Gasteiger partial charge in [-0.2, -0.15) is 5.10 Å².